The van der Waals surface area contributed by atoms with Crippen molar-refractivity contribution >= 4 is 7.60 Å². The fourth-order valence-corrected chi connectivity index (χ4v) is 3.49. The third-order valence-electron chi connectivity index (χ3n) is 2.24. The summed E-state index contributed by atoms with van der Waals surface area (Å²) < 4.78 is 23.1. The largest absolute Gasteiger partial charge is 0.396 e. The third-order valence-corrected chi connectivity index (χ3v) is 4.70. The molecule has 0 bridgehead atoms. The molecule has 0 aromatic rings. The highest BCUT2D eigenvalue weighted by atomic mass is 31.2. The van der Waals surface area contributed by atoms with Crippen molar-refractivity contribution in [3.8, 4) is 0 Å². The molecule has 0 aromatic carbocycles. The SMILES string of the molecule is C=C=CC(CCCCO)P(=O)(OCC)OCC. The lowest BCUT2D eigenvalue weighted by molar-refractivity contribution is 0.213. The van der Waals surface area contributed by atoms with Gasteiger partial charge in [-0.1, -0.05) is 6.58 Å². The Morgan fingerprint density at radius 2 is 1.94 bits per heavy atom. The molecule has 0 saturated carbocycles. The summed E-state index contributed by atoms with van der Waals surface area (Å²) in [5.41, 5.74) is 2.32. The van der Waals surface area contributed by atoms with Crippen LogP contribution in [-0.2, 0) is 13.6 Å². The topological polar surface area (TPSA) is 55.8 Å². The number of aliphatic hydroxyl groups is 1. The molecular formula is C12H23O4P. The van der Waals surface area contributed by atoms with Gasteiger partial charge in [0.25, 0.3) is 0 Å². The van der Waals surface area contributed by atoms with Crippen LogP contribution in [0.25, 0.3) is 0 Å². The second-order valence-electron chi connectivity index (χ2n) is 3.53. The first-order chi connectivity index (χ1) is 8.14. The number of unbranched alkanes of at least 4 members (excludes halogenated alkanes) is 1. The molecule has 0 radical (unpaired) electrons. The van der Waals surface area contributed by atoms with Crippen molar-refractivity contribution in [3.05, 3.63) is 18.4 Å². The van der Waals surface area contributed by atoms with Crippen LogP contribution < -0.4 is 0 Å². The third kappa shape index (κ3) is 6.21. The van der Waals surface area contributed by atoms with Gasteiger partial charge in [0, 0.05) is 6.61 Å². The maximum Gasteiger partial charge on any atom is 0.338 e. The quantitative estimate of drug-likeness (QED) is 0.373. The molecular weight excluding hydrogens is 239 g/mol. The summed E-state index contributed by atoms with van der Waals surface area (Å²) in [6.07, 6.45) is 3.73. The molecule has 1 unspecified atom stereocenters. The van der Waals surface area contributed by atoms with Gasteiger partial charge in [0.15, 0.2) is 0 Å². The molecule has 1 atom stereocenters. The van der Waals surface area contributed by atoms with E-state index in [4.69, 9.17) is 14.2 Å². The molecule has 0 aliphatic carbocycles. The van der Waals surface area contributed by atoms with Gasteiger partial charge in [-0.3, -0.25) is 4.57 Å². The Bertz CT molecular complexity index is 274. The fourth-order valence-electron chi connectivity index (χ4n) is 1.52. The maximum atomic E-state index is 12.5. The van der Waals surface area contributed by atoms with Gasteiger partial charge in [-0.05, 0) is 39.2 Å². The van der Waals surface area contributed by atoms with Crippen LogP contribution in [0.4, 0.5) is 0 Å². The molecule has 0 rings (SSSR count). The second kappa shape index (κ2) is 9.64. The highest BCUT2D eigenvalue weighted by Crippen LogP contribution is 2.55. The van der Waals surface area contributed by atoms with E-state index in [0.717, 1.165) is 6.42 Å². The molecule has 0 amide bonds. The first-order valence-electron chi connectivity index (χ1n) is 6.00. The van der Waals surface area contributed by atoms with Gasteiger partial charge in [-0.2, -0.15) is 0 Å². The summed E-state index contributed by atoms with van der Waals surface area (Å²) in [5, 5.41) is 8.75. The van der Waals surface area contributed by atoms with Gasteiger partial charge in [-0.25, -0.2) is 0 Å². The van der Waals surface area contributed by atoms with Crippen molar-refractivity contribution < 1.29 is 18.7 Å². The van der Waals surface area contributed by atoms with Gasteiger partial charge in [0.05, 0.1) is 18.9 Å². The van der Waals surface area contributed by atoms with Crippen LogP contribution >= 0.6 is 7.60 Å². The van der Waals surface area contributed by atoms with E-state index in [2.05, 4.69) is 12.3 Å². The Kier molecular flexibility index (Phi) is 9.43. The van der Waals surface area contributed by atoms with Gasteiger partial charge in [0.1, 0.15) is 0 Å². The van der Waals surface area contributed by atoms with Crippen molar-refractivity contribution in [2.45, 2.75) is 38.8 Å². The molecule has 0 aliphatic heterocycles. The van der Waals surface area contributed by atoms with Crippen LogP contribution in [0, 0.1) is 0 Å². The lowest BCUT2D eigenvalue weighted by atomic mass is 10.2. The number of hydrogen-bond acceptors (Lipinski definition) is 4. The molecule has 0 saturated heterocycles. The molecule has 1 N–H and O–H groups in total. The predicted molar refractivity (Wildman–Crippen MR) is 69.3 cm³/mol. The molecule has 5 heteroatoms. The van der Waals surface area contributed by atoms with E-state index in [1.165, 1.54) is 0 Å². The summed E-state index contributed by atoms with van der Waals surface area (Å²) in [6, 6.07) is 0. The highest BCUT2D eigenvalue weighted by Gasteiger charge is 2.33. The first kappa shape index (κ1) is 16.6. The molecule has 4 nitrogen and oxygen atoms in total. The summed E-state index contributed by atoms with van der Waals surface area (Å²) >= 11 is 0. The number of allylic oxidation sites excluding steroid dienone is 1. The molecule has 17 heavy (non-hydrogen) atoms. The Balaban J connectivity index is 4.70. The zero-order chi connectivity index (χ0) is 13.1. The Morgan fingerprint density at radius 3 is 2.35 bits per heavy atom. The lowest BCUT2D eigenvalue weighted by Gasteiger charge is -2.23. The van der Waals surface area contributed by atoms with Crippen LogP contribution in [0.5, 0.6) is 0 Å². The van der Waals surface area contributed by atoms with E-state index in [0.29, 0.717) is 26.1 Å². The smallest absolute Gasteiger partial charge is 0.338 e. The Hall–Kier alpha value is -0.370. The standard InChI is InChI=1S/C12H23O4P/c1-4-9-12(10-7-8-11-13)17(14,15-5-2)16-6-3/h9,12-13H,1,5-8,10-11H2,2-3H3. The summed E-state index contributed by atoms with van der Waals surface area (Å²) in [5.74, 6) is 0. The highest BCUT2D eigenvalue weighted by molar-refractivity contribution is 7.54. The monoisotopic (exact) mass is 262 g/mol. The number of hydrogen-bond donors (Lipinski definition) is 1. The normalized spacial score (nSPS) is 13.1. The van der Waals surface area contributed by atoms with Crippen molar-refractivity contribution in [1.82, 2.24) is 0 Å². The second-order valence-corrected chi connectivity index (χ2v) is 5.79. The minimum atomic E-state index is -3.13. The molecule has 0 fully saturated rings. The summed E-state index contributed by atoms with van der Waals surface area (Å²) in [4.78, 5) is 0. The van der Waals surface area contributed by atoms with Crippen LogP contribution in [0.3, 0.4) is 0 Å². The maximum absolute atomic E-state index is 12.5. The predicted octanol–water partition coefficient (Wildman–Crippen LogP) is 3.12. The zero-order valence-corrected chi connectivity index (χ0v) is 11.6. The van der Waals surface area contributed by atoms with Crippen LogP contribution in [0.2, 0.25) is 0 Å². The lowest BCUT2D eigenvalue weighted by Crippen LogP contribution is -2.11. The molecule has 100 valence electrons. The van der Waals surface area contributed by atoms with Gasteiger partial charge >= 0.3 is 7.60 Å². The van der Waals surface area contributed by atoms with E-state index < -0.39 is 7.60 Å². The van der Waals surface area contributed by atoms with Crippen molar-refractivity contribution in [2.75, 3.05) is 19.8 Å². The first-order valence-corrected chi connectivity index (χ1v) is 7.61. The molecule has 0 spiro atoms. The van der Waals surface area contributed by atoms with Crippen LogP contribution in [0.15, 0.2) is 18.4 Å². The van der Waals surface area contributed by atoms with E-state index in [-0.39, 0.29) is 12.3 Å². The average Bonchev–Trinajstić information content (AvgIpc) is 2.29. The minimum absolute atomic E-state index is 0.137. The molecule has 0 aliphatic rings. The minimum Gasteiger partial charge on any atom is -0.396 e. The average molecular weight is 262 g/mol. The Labute approximate surface area is 104 Å². The summed E-state index contributed by atoms with van der Waals surface area (Å²) in [7, 11) is -3.13. The fraction of sp³-hybridized carbons (Fsp3) is 0.750. The number of aliphatic hydroxyl groups excluding tert-OH is 1. The van der Waals surface area contributed by atoms with Crippen molar-refractivity contribution in [1.29, 1.82) is 0 Å². The van der Waals surface area contributed by atoms with Crippen LogP contribution in [0.1, 0.15) is 33.1 Å². The van der Waals surface area contributed by atoms with E-state index in [1.54, 1.807) is 19.9 Å². The van der Waals surface area contributed by atoms with Gasteiger partial charge in [0.2, 0.25) is 0 Å². The van der Waals surface area contributed by atoms with Gasteiger partial charge < -0.3 is 14.2 Å². The van der Waals surface area contributed by atoms with Crippen molar-refractivity contribution in [2.24, 2.45) is 0 Å². The van der Waals surface area contributed by atoms with E-state index in [9.17, 15) is 4.57 Å². The van der Waals surface area contributed by atoms with Gasteiger partial charge in [-0.15, -0.1) is 5.73 Å². The Morgan fingerprint density at radius 1 is 1.35 bits per heavy atom. The molecule has 0 heterocycles. The van der Waals surface area contributed by atoms with Crippen LogP contribution in [-0.4, -0.2) is 30.6 Å². The van der Waals surface area contributed by atoms with Crippen molar-refractivity contribution in [3.63, 3.8) is 0 Å². The van der Waals surface area contributed by atoms with E-state index in [1.807, 2.05) is 0 Å². The molecule has 0 aromatic heterocycles. The zero-order valence-electron chi connectivity index (χ0n) is 10.7. The van der Waals surface area contributed by atoms with E-state index >= 15 is 0 Å². The number of rotatable bonds is 10. The summed E-state index contributed by atoms with van der Waals surface area (Å²) in [6.45, 7) is 7.90.